The first-order valence-corrected chi connectivity index (χ1v) is 7.66. The van der Waals surface area contributed by atoms with E-state index in [0.717, 1.165) is 30.5 Å². The Hall–Kier alpha value is -0.0800. The zero-order valence-electron chi connectivity index (χ0n) is 11.7. The third-order valence-corrected chi connectivity index (χ3v) is 5.14. The Labute approximate surface area is 107 Å². The van der Waals surface area contributed by atoms with Crippen LogP contribution in [-0.4, -0.2) is 30.1 Å². The van der Waals surface area contributed by atoms with Crippen molar-refractivity contribution in [3.05, 3.63) is 0 Å². The summed E-state index contributed by atoms with van der Waals surface area (Å²) < 4.78 is 0. The van der Waals surface area contributed by atoms with Gasteiger partial charge in [0.25, 0.3) is 0 Å². The van der Waals surface area contributed by atoms with Gasteiger partial charge in [-0.25, -0.2) is 0 Å². The average molecular weight is 238 g/mol. The molecule has 0 aromatic heterocycles. The largest absolute Gasteiger partial charge is 0.330 e. The zero-order valence-corrected chi connectivity index (χ0v) is 11.7. The number of piperidine rings is 1. The molecule has 2 rings (SSSR count). The van der Waals surface area contributed by atoms with E-state index < -0.39 is 0 Å². The summed E-state index contributed by atoms with van der Waals surface area (Å²) in [4.78, 5) is 2.77. The highest BCUT2D eigenvalue weighted by Gasteiger charge is 2.28. The van der Waals surface area contributed by atoms with E-state index in [1.807, 2.05) is 0 Å². The maximum absolute atomic E-state index is 5.77. The second-order valence-corrected chi connectivity index (χ2v) is 6.45. The van der Waals surface area contributed by atoms with Crippen molar-refractivity contribution in [2.45, 2.75) is 70.9 Å². The number of hydrogen-bond donors (Lipinski definition) is 1. The van der Waals surface area contributed by atoms with Gasteiger partial charge in [-0.3, -0.25) is 4.90 Å². The van der Waals surface area contributed by atoms with Crippen LogP contribution < -0.4 is 5.73 Å². The van der Waals surface area contributed by atoms with Gasteiger partial charge in [0, 0.05) is 18.6 Å². The van der Waals surface area contributed by atoms with Gasteiger partial charge < -0.3 is 5.73 Å². The molecule has 2 heteroatoms. The summed E-state index contributed by atoms with van der Waals surface area (Å²) in [6, 6.07) is 1.62. The molecule has 1 heterocycles. The van der Waals surface area contributed by atoms with Crippen LogP contribution in [0.1, 0.15) is 58.8 Å². The second-order valence-electron chi connectivity index (χ2n) is 6.45. The maximum Gasteiger partial charge on any atom is 0.00698 e. The van der Waals surface area contributed by atoms with Crippen molar-refractivity contribution < 1.29 is 0 Å². The summed E-state index contributed by atoms with van der Waals surface area (Å²) in [6.45, 7) is 7.09. The predicted octanol–water partition coefficient (Wildman–Crippen LogP) is 3.01. The summed E-state index contributed by atoms with van der Waals surface area (Å²) in [7, 11) is 0. The fourth-order valence-corrected chi connectivity index (χ4v) is 3.78. The third-order valence-electron chi connectivity index (χ3n) is 5.14. The van der Waals surface area contributed by atoms with Gasteiger partial charge in [-0.15, -0.1) is 0 Å². The lowest BCUT2D eigenvalue weighted by Crippen LogP contribution is -2.46. The van der Waals surface area contributed by atoms with Crippen LogP contribution >= 0.6 is 0 Å². The lowest BCUT2D eigenvalue weighted by atomic mass is 9.81. The van der Waals surface area contributed by atoms with Crippen LogP contribution in [0.25, 0.3) is 0 Å². The molecule has 17 heavy (non-hydrogen) atoms. The Morgan fingerprint density at radius 1 is 0.882 bits per heavy atom. The van der Waals surface area contributed by atoms with E-state index in [1.165, 1.54) is 51.5 Å². The number of rotatable bonds is 3. The Kier molecular flexibility index (Phi) is 4.87. The van der Waals surface area contributed by atoms with E-state index in [1.54, 1.807) is 0 Å². The molecule has 1 saturated carbocycles. The molecule has 2 fully saturated rings. The summed E-state index contributed by atoms with van der Waals surface area (Å²) >= 11 is 0. The highest BCUT2D eigenvalue weighted by molar-refractivity contribution is 4.83. The summed E-state index contributed by atoms with van der Waals surface area (Å²) in [5.41, 5.74) is 5.77. The van der Waals surface area contributed by atoms with Gasteiger partial charge in [-0.1, -0.05) is 6.42 Å². The second kappa shape index (κ2) is 6.19. The van der Waals surface area contributed by atoms with Crippen LogP contribution in [0.2, 0.25) is 0 Å². The van der Waals surface area contributed by atoms with Crippen molar-refractivity contribution in [1.82, 2.24) is 4.90 Å². The van der Waals surface area contributed by atoms with E-state index in [0.29, 0.717) is 0 Å². The molecule has 2 atom stereocenters. The third kappa shape index (κ3) is 3.45. The first kappa shape index (κ1) is 13.4. The van der Waals surface area contributed by atoms with Gasteiger partial charge in [0.1, 0.15) is 0 Å². The molecule has 0 aromatic rings. The molecule has 1 aliphatic heterocycles. The van der Waals surface area contributed by atoms with Crippen molar-refractivity contribution in [2.75, 3.05) is 13.1 Å². The van der Waals surface area contributed by atoms with Gasteiger partial charge >= 0.3 is 0 Å². The Morgan fingerprint density at radius 2 is 1.41 bits per heavy atom. The number of likely N-dealkylation sites (tertiary alicyclic amines) is 1. The first-order chi connectivity index (χ1) is 8.20. The molecule has 2 unspecified atom stereocenters. The van der Waals surface area contributed by atoms with Gasteiger partial charge in [-0.2, -0.15) is 0 Å². The van der Waals surface area contributed by atoms with Gasteiger partial charge in [0.05, 0.1) is 0 Å². The van der Waals surface area contributed by atoms with Gasteiger partial charge in [-0.05, 0) is 70.8 Å². The van der Waals surface area contributed by atoms with Crippen molar-refractivity contribution in [2.24, 2.45) is 17.6 Å². The van der Waals surface area contributed by atoms with E-state index in [9.17, 15) is 0 Å². The van der Waals surface area contributed by atoms with Crippen LogP contribution in [0.4, 0.5) is 0 Å². The van der Waals surface area contributed by atoms with Crippen LogP contribution in [0, 0.1) is 11.8 Å². The van der Waals surface area contributed by atoms with Crippen molar-refractivity contribution in [1.29, 1.82) is 0 Å². The molecule has 100 valence electrons. The molecule has 2 aliphatic rings. The Morgan fingerprint density at radius 3 is 1.94 bits per heavy atom. The molecular weight excluding hydrogens is 208 g/mol. The lowest BCUT2D eigenvalue weighted by Gasteiger charge is -2.42. The number of hydrogen-bond acceptors (Lipinski definition) is 2. The topological polar surface area (TPSA) is 29.3 Å². The number of nitrogens with two attached hydrogens (primary N) is 1. The molecular formula is C15H30N2. The molecule has 2 nitrogen and oxygen atoms in total. The van der Waals surface area contributed by atoms with E-state index in [2.05, 4.69) is 18.7 Å². The van der Waals surface area contributed by atoms with Crippen molar-refractivity contribution in [3.8, 4) is 0 Å². The smallest absolute Gasteiger partial charge is 0.00698 e. The molecule has 0 aromatic carbocycles. The van der Waals surface area contributed by atoms with E-state index >= 15 is 0 Å². The highest BCUT2D eigenvalue weighted by Crippen LogP contribution is 2.31. The normalized spacial score (nSPS) is 40.4. The quantitative estimate of drug-likeness (QED) is 0.819. The zero-order chi connectivity index (χ0) is 12.3. The Balaban J connectivity index is 1.80. The molecule has 0 amide bonds. The minimum Gasteiger partial charge on any atom is -0.330 e. The van der Waals surface area contributed by atoms with E-state index in [4.69, 9.17) is 5.73 Å². The maximum atomic E-state index is 5.77. The molecule has 1 aliphatic carbocycles. The van der Waals surface area contributed by atoms with Crippen LogP contribution in [-0.2, 0) is 0 Å². The minimum atomic E-state index is 0.811. The highest BCUT2D eigenvalue weighted by atomic mass is 15.2. The van der Waals surface area contributed by atoms with Crippen molar-refractivity contribution in [3.63, 3.8) is 0 Å². The SMILES string of the molecule is CC1CCCC(C)N1CC1CCC(CN)CC1. The first-order valence-electron chi connectivity index (χ1n) is 7.66. The standard InChI is InChI=1S/C15H30N2/c1-12-4-3-5-13(2)17(12)11-15-8-6-14(10-16)7-9-15/h12-15H,3-11,16H2,1-2H3. The summed E-state index contributed by atoms with van der Waals surface area (Å²) in [5, 5.41) is 0. The minimum absolute atomic E-state index is 0.811. The molecule has 0 spiro atoms. The summed E-state index contributed by atoms with van der Waals surface area (Å²) in [6.07, 6.45) is 9.81. The van der Waals surface area contributed by atoms with Crippen molar-refractivity contribution >= 4 is 0 Å². The monoisotopic (exact) mass is 238 g/mol. The predicted molar refractivity (Wildman–Crippen MR) is 74.0 cm³/mol. The fourth-order valence-electron chi connectivity index (χ4n) is 3.78. The van der Waals surface area contributed by atoms with Gasteiger partial charge in [0.15, 0.2) is 0 Å². The van der Waals surface area contributed by atoms with Crippen LogP contribution in [0.5, 0.6) is 0 Å². The Bertz CT molecular complexity index is 211. The van der Waals surface area contributed by atoms with Crippen LogP contribution in [0.3, 0.4) is 0 Å². The molecule has 1 saturated heterocycles. The average Bonchev–Trinajstić information content (AvgIpc) is 2.35. The molecule has 0 bridgehead atoms. The fraction of sp³-hybridized carbons (Fsp3) is 1.00. The molecule has 0 radical (unpaired) electrons. The van der Waals surface area contributed by atoms with E-state index in [-0.39, 0.29) is 0 Å². The lowest BCUT2D eigenvalue weighted by molar-refractivity contribution is 0.0713. The number of nitrogens with zero attached hydrogens (tertiary/aromatic N) is 1. The van der Waals surface area contributed by atoms with Gasteiger partial charge in [0.2, 0.25) is 0 Å². The van der Waals surface area contributed by atoms with Crippen LogP contribution in [0.15, 0.2) is 0 Å². The summed E-state index contributed by atoms with van der Waals surface area (Å²) in [5.74, 6) is 1.77. The molecule has 2 N–H and O–H groups in total.